The van der Waals surface area contributed by atoms with Crippen LogP contribution in [0.5, 0.6) is 0 Å². The van der Waals surface area contributed by atoms with Crippen LogP contribution in [0.3, 0.4) is 0 Å². The summed E-state index contributed by atoms with van der Waals surface area (Å²) in [6.07, 6.45) is 1.36. The van der Waals surface area contributed by atoms with Crippen LogP contribution in [0.2, 0.25) is 0 Å². The molecule has 0 bridgehead atoms. The fourth-order valence-electron chi connectivity index (χ4n) is 2.00. The van der Waals surface area contributed by atoms with Gasteiger partial charge in [0.1, 0.15) is 0 Å². The minimum atomic E-state index is -0.0753. The summed E-state index contributed by atoms with van der Waals surface area (Å²) in [5, 5.41) is 0. The largest absolute Gasteiger partial charge is 0.330 e. The van der Waals surface area contributed by atoms with Crippen molar-refractivity contribution in [2.24, 2.45) is 0 Å². The summed E-state index contributed by atoms with van der Waals surface area (Å²) in [5.41, 5.74) is 2.16. The quantitative estimate of drug-likeness (QED) is 0.642. The Balaban J connectivity index is 2.20. The van der Waals surface area contributed by atoms with Crippen molar-refractivity contribution in [2.75, 3.05) is 0 Å². The van der Waals surface area contributed by atoms with Gasteiger partial charge in [0.25, 0.3) is 0 Å². The van der Waals surface area contributed by atoms with Crippen LogP contribution in [0.1, 0.15) is 11.1 Å². The fourth-order valence-corrected chi connectivity index (χ4v) is 3.17. The van der Waals surface area contributed by atoms with Gasteiger partial charge in [0.2, 0.25) is 5.91 Å². The number of amides is 1. The van der Waals surface area contributed by atoms with Crippen molar-refractivity contribution in [3.8, 4) is 0 Å². The normalized spacial score (nSPS) is 10.2. The molecule has 0 atom stereocenters. The summed E-state index contributed by atoms with van der Waals surface area (Å²) in [5.74, 6) is -0.0753. The summed E-state index contributed by atoms with van der Waals surface area (Å²) in [7, 11) is 0. The molecule has 4 heteroatoms. The molecule has 2 rings (SSSR count). The highest BCUT2D eigenvalue weighted by Gasteiger charge is 2.13. The second kappa shape index (κ2) is 7.57. The minimum absolute atomic E-state index is 0.0753. The predicted molar refractivity (Wildman–Crippen MR) is 92.7 cm³/mol. The topological polar surface area (TPSA) is 20.3 Å². The van der Waals surface area contributed by atoms with E-state index in [0.717, 1.165) is 20.1 Å². The third kappa shape index (κ3) is 4.55. The van der Waals surface area contributed by atoms with Gasteiger partial charge in [0.15, 0.2) is 0 Å². The van der Waals surface area contributed by atoms with Crippen LogP contribution in [0.4, 0.5) is 0 Å². The lowest BCUT2D eigenvalue weighted by molar-refractivity contribution is -0.127. The number of benzene rings is 2. The van der Waals surface area contributed by atoms with Gasteiger partial charge in [-0.1, -0.05) is 74.8 Å². The lowest BCUT2D eigenvalue weighted by atomic mass is 10.1. The molecular formula is C17H15Br2NO. The summed E-state index contributed by atoms with van der Waals surface area (Å²) >= 11 is 6.97. The summed E-state index contributed by atoms with van der Waals surface area (Å²) in [6.45, 7) is 4.69. The van der Waals surface area contributed by atoms with E-state index in [1.807, 2.05) is 48.5 Å². The van der Waals surface area contributed by atoms with Gasteiger partial charge in [-0.2, -0.15) is 0 Å². The van der Waals surface area contributed by atoms with Crippen LogP contribution in [0.25, 0.3) is 0 Å². The van der Waals surface area contributed by atoms with Gasteiger partial charge in [-0.15, -0.1) is 0 Å². The summed E-state index contributed by atoms with van der Waals surface area (Å²) < 4.78 is 1.98. The number of hydrogen-bond donors (Lipinski definition) is 0. The van der Waals surface area contributed by atoms with Crippen molar-refractivity contribution in [1.82, 2.24) is 4.90 Å². The molecule has 0 aromatic heterocycles. The van der Waals surface area contributed by atoms with Crippen molar-refractivity contribution in [3.05, 3.63) is 81.3 Å². The number of nitrogens with zero attached hydrogens (tertiary/aromatic N) is 1. The smallest absolute Gasteiger partial charge is 0.246 e. The summed E-state index contributed by atoms with van der Waals surface area (Å²) in [4.78, 5) is 13.9. The van der Waals surface area contributed by atoms with Crippen LogP contribution < -0.4 is 0 Å². The maximum atomic E-state index is 12.1. The van der Waals surface area contributed by atoms with Crippen LogP contribution in [0.15, 0.2) is 70.1 Å². The molecular weight excluding hydrogens is 394 g/mol. The highest BCUT2D eigenvalue weighted by Crippen LogP contribution is 2.24. The first kappa shape index (κ1) is 16.0. The van der Waals surface area contributed by atoms with Gasteiger partial charge < -0.3 is 4.90 Å². The second-order valence-corrected chi connectivity index (χ2v) is 6.39. The van der Waals surface area contributed by atoms with Crippen molar-refractivity contribution in [3.63, 3.8) is 0 Å². The molecule has 1 amide bonds. The number of carbonyl (C=O) groups is 1. The van der Waals surface area contributed by atoms with Crippen LogP contribution in [-0.2, 0) is 17.9 Å². The van der Waals surface area contributed by atoms with E-state index in [9.17, 15) is 4.79 Å². The Morgan fingerprint density at radius 1 is 1.10 bits per heavy atom. The first-order valence-electron chi connectivity index (χ1n) is 6.49. The van der Waals surface area contributed by atoms with E-state index in [4.69, 9.17) is 0 Å². The molecule has 0 aliphatic carbocycles. The maximum absolute atomic E-state index is 12.1. The molecule has 0 aliphatic rings. The average molecular weight is 409 g/mol. The zero-order valence-corrected chi connectivity index (χ0v) is 14.6. The van der Waals surface area contributed by atoms with Gasteiger partial charge in [-0.25, -0.2) is 0 Å². The highest BCUT2D eigenvalue weighted by atomic mass is 79.9. The Kier molecular flexibility index (Phi) is 5.76. The number of hydrogen-bond acceptors (Lipinski definition) is 1. The molecule has 0 saturated heterocycles. The Labute approximate surface area is 141 Å². The van der Waals surface area contributed by atoms with Crippen molar-refractivity contribution < 1.29 is 4.79 Å². The Bertz CT molecular complexity index is 640. The molecule has 108 valence electrons. The molecule has 2 aromatic carbocycles. The average Bonchev–Trinajstić information content (AvgIpc) is 2.49. The SMILES string of the molecule is C=CC(=O)N(Cc1ccccc1)Cc1ccc(Br)cc1Br. The molecule has 0 aliphatic heterocycles. The molecule has 21 heavy (non-hydrogen) atoms. The first-order chi connectivity index (χ1) is 10.1. The maximum Gasteiger partial charge on any atom is 0.246 e. The van der Waals surface area contributed by atoms with Gasteiger partial charge in [0.05, 0.1) is 0 Å². The van der Waals surface area contributed by atoms with E-state index in [0.29, 0.717) is 13.1 Å². The lowest BCUT2D eigenvalue weighted by Crippen LogP contribution is -2.28. The molecule has 0 heterocycles. The minimum Gasteiger partial charge on any atom is -0.330 e. The van der Waals surface area contributed by atoms with Gasteiger partial charge in [-0.05, 0) is 29.3 Å². The van der Waals surface area contributed by atoms with E-state index in [1.54, 1.807) is 4.90 Å². The molecule has 0 unspecified atom stereocenters. The highest BCUT2D eigenvalue weighted by molar-refractivity contribution is 9.11. The van der Waals surface area contributed by atoms with Crippen LogP contribution >= 0.6 is 31.9 Å². The van der Waals surface area contributed by atoms with Crippen LogP contribution in [0, 0.1) is 0 Å². The zero-order chi connectivity index (χ0) is 15.2. The van der Waals surface area contributed by atoms with Crippen LogP contribution in [-0.4, -0.2) is 10.8 Å². The predicted octanol–water partition coefficient (Wildman–Crippen LogP) is 4.93. The van der Waals surface area contributed by atoms with E-state index >= 15 is 0 Å². The van der Waals surface area contributed by atoms with Gasteiger partial charge >= 0.3 is 0 Å². The molecule has 0 radical (unpaired) electrons. The Hall–Kier alpha value is -1.39. The third-order valence-corrected chi connectivity index (χ3v) is 4.31. The Morgan fingerprint density at radius 2 is 1.81 bits per heavy atom. The monoisotopic (exact) mass is 407 g/mol. The van der Waals surface area contributed by atoms with E-state index in [-0.39, 0.29) is 5.91 Å². The number of carbonyl (C=O) groups excluding carboxylic acids is 1. The van der Waals surface area contributed by atoms with Gasteiger partial charge in [-0.3, -0.25) is 4.79 Å². The van der Waals surface area contributed by atoms with Crippen molar-refractivity contribution in [2.45, 2.75) is 13.1 Å². The van der Waals surface area contributed by atoms with Crippen molar-refractivity contribution in [1.29, 1.82) is 0 Å². The molecule has 0 fully saturated rings. The lowest BCUT2D eigenvalue weighted by Gasteiger charge is -2.22. The molecule has 2 aromatic rings. The summed E-state index contributed by atoms with van der Waals surface area (Å²) in [6, 6.07) is 15.9. The Morgan fingerprint density at radius 3 is 2.43 bits per heavy atom. The van der Waals surface area contributed by atoms with E-state index in [1.165, 1.54) is 6.08 Å². The zero-order valence-electron chi connectivity index (χ0n) is 11.4. The number of rotatable bonds is 5. The molecule has 0 spiro atoms. The standard InChI is InChI=1S/C17H15Br2NO/c1-2-17(21)20(11-13-6-4-3-5-7-13)12-14-8-9-15(18)10-16(14)19/h2-10H,1,11-12H2. The second-order valence-electron chi connectivity index (χ2n) is 4.62. The first-order valence-corrected chi connectivity index (χ1v) is 8.08. The molecule has 0 saturated carbocycles. The number of halogens is 2. The van der Waals surface area contributed by atoms with Crippen molar-refractivity contribution >= 4 is 37.8 Å². The van der Waals surface area contributed by atoms with Gasteiger partial charge in [0, 0.05) is 22.0 Å². The van der Waals surface area contributed by atoms with E-state index in [2.05, 4.69) is 38.4 Å². The fraction of sp³-hybridized carbons (Fsp3) is 0.118. The van der Waals surface area contributed by atoms with E-state index < -0.39 is 0 Å². The third-order valence-electron chi connectivity index (χ3n) is 3.08. The molecule has 0 N–H and O–H groups in total. The molecule has 2 nitrogen and oxygen atoms in total.